The van der Waals surface area contributed by atoms with Crippen molar-refractivity contribution < 1.29 is 12.8 Å². The van der Waals surface area contributed by atoms with E-state index in [2.05, 4.69) is 10.6 Å². The lowest BCUT2D eigenvalue weighted by molar-refractivity contribution is 0.599. The van der Waals surface area contributed by atoms with E-state index in [1.165, 1.54) is 13.0 Å². The van der Waals surface area contributed by atoms with Gasteiger partial charge in [-0.1, -0.05) is 12.0 Å². The zero-order chi connectivity index (χ0) is 15.6. The van der Waals surface area contributed by atoms with Crippen LogP contribution in [0.25, 0.3) is 0 Å². The lowest BCUT2D eigenvalue weighted by Gasteiger charge is -2.11. The Kier molecular flexibility index (Phi) is 3.87. The second-order valence-corrected chi connectivity index (χ2v) is 6.12. The van der Waals surface area contributed by atoms with Crippen LogP contribution in [0, 0.1) is 25.1 Å². The molecule has 0 amide bonds. The number of hydrogen-bond donors (Lipinski definition) is 2. The van der Waals surface area contributed by atoms with Crippen LogP contribution in [0.2, 0.25) is 0 Å². The molecular weight excluding hydrogens is 291 g/mol. The Bertz CT molecular complexity index is 839. The number of nitrogen functional groups attached to an aromatic ring is 1. The summed E-state index contributed by atoms with van der Waals surface area (Å²) in [5.41, 5.74) is 6.35. The highest BCUT2D eigenvalue weighted by atomic mass is 32.2. The third-order valence-electron chi connectivity index (χ3n) is 2.87. The fraction of sp³-hybridized carbons (Fsp3) is 0.0667. The predicted octanol–water partition coefficient (Wildman–Crippen LogP) is 2.50. The second kappa shape index (κ2) is 5.46. The van der Waals surface area contributed by atoms with Gasteiger partial charge >= 0.3 is 0 Å². The maximum absolute atomic E-state index is 13.3. The van der Waals surface area contributed by atoms with E-state index in [1.807, 2.05) is 0 Å². The van der Waals surface area contributed by atoms with Crippen molar-refractivity contribution in [2.75, 3.05) is 10.5 Å². The third kappa shape index (κ3) is 3.15. The normalized spacial score (nSPS) is 10.9. The zero-order valence-corrected chi connectivity index (χ0v) is 12.0. The summed E-state index contributed by atoms with van der Waals surface area (Å²) < 4.78 is 40.4. The molecule has 0 fully saturated rings. The summed E-state index contributed by atoms with van der Waals surface area (Å²) in [6.07, 6.45) is 5.27. The van der Waals surface area contributed by atoms with E-state index in [-0.39, 0.29) is 16.1 Å². The molecule has 2 rings (SSSR count). The first-order chi connectivity index (χ1) is 9.83. The fourth-order valence-electron chi connectivity index (χ4n) is 1.84. The van der Waals surface area contributed by atoms with Crippen molar-refractivity contribution >= 4 is 21.4 Å². The van der Waals surface area contributed by atoms with Gasteiger partial charge in [0.15, 0.2) is 0 Å². The second-order valence-electron chi connectivity index (χ2n) is 4.47. The quantitative estimate of drug-likeness (QED) is 0.676. The topological polar surface area (TPSA) is 72.2 Å². The van der Waals surface area contributed by atoms with Crippen LogP contribution in [0.1, 0.15) is 11.1 Å². The van der Waals surface area contributed by atoms with Crippen LogP contribution in [-0.2, 0) is 10.0 Å². The first-order valence-corrected chi connectivity index (χ1v) is 7.47. The number of nitrogens with two attached hydrogens (primary N) is 1. The minimum atomic E-state index is -3.87. The molecule has 0 aliphatic carbocycles. The van der Waals surface area contributed by atoms with Crippen molar-refractivity contribution in [3.05, 3.63) is 53.3 Å². The van der Waals surface area contributed by atoms with Crippen molar-refractivity contribution in [2.24, 2.45) is 0 Å². The largest absolute Gasteiger partial charge is 0.396 e. The van der Waals surface area contributed by atoms with E-state index in [1.54, 1.807) is 18.2 Å². The van der Waals surface area contributed by atoms with Crippen LogP contribution < -0.4 is 10.5 Å². The van der Waals surface area contributed by atoms with Crippen molar-refractivity contribution in [3.63, 3.8) is 0 Å². The molecule has 2 aromatic rings. The van der Waals surface area contributed by atoms with Gasteiger partial charge in [-0.3, -0.25) is 4.72 Å². The van der Waals surface area contributed by atoms with Crippen molar-refractivity contribution in [3.8, 4) is 12.3 Å². The Hall–Kier alpha value is -2.52. The monoisotopic (exact) mass is 304 g/mol. The van der Waals surface area contributed by atoms with Gasteiger partial charge in [0.1, 0.15) is 5.82 Å². The Labute approximate surface area is 122 Å². The third-order valence-corrected chi connectivity index (χ3v) is 4.39. The molecule has 108 valence electrons. The standard InChI is InChI=1S/C15H13FN2O2S/c1-3-11-5-4-6-12(8-11)18-21(19,20)15-9-14(17)13(16)7-10(15)2/h1,4-9,18H,17H2,2H3. The molecule has 0 aliphatic rings. The molecule has 0 aromatic heterocycles. The highest BCUT2D eigenvalue weighted by Gasteiger charge is 2.19. The Morgan fingerprint density at radius 3 is 2.67 bits per heavy atom. The smallest absolute Gasteiger partial charge is 0.262 e. The summed E-state index contributed by atoms with van der Waals surface area (Å²) in [4.78, 5) is -0.0764. The van der Waals surface area contributed by atoms with Crippen LogP contribution in [0.3, 0.4) is 0 Å². The van der Waals surface area contributed by atoms with Crippen molar-refractivity contribution in [2.45, 2.75) is 11.8 Å². The van der Waals surface area contributed by atoms with Gasteiger partial charge in [-0.25, -0.2) is 12.8 Å². The zero-order valence-electron chi connectivity index (χ0n) is 11.2. The first-order valence-electron chi connectivity index (χ1n) is 5.98. The van der Waals surface area contributed by atoms with Gasteiger partial charge in [0, 0.05) is 5.56 Å². The SMILES string of the molecule is C#Cc1cccc(NS(=O)(=O)c2cc(N)c(F)cc2C)c1. The number of rotatable bonds is 3. The molecule has 6 heteroatoms. The van der Waals surface area contributed by atoms with Crippen LogP contribution >= 0.6 is 0 Å². The summed E-state index contributed by atoms with van der Waals surface area (Å²) in [5, 5.41) is 0. The van der Waals surface area contributed by atoms with Gasteiger partial charge in [0.2, 0.25) is 0 Å². The van der Waals surface area contributed by atoms with E-state index in [4.69, 9.17) is 12.2 Å². The van der Waals surface area contributed by atoms with Gasteiger partial charge in [-0.05, 0) is 42.8 Å². The Morgan fingerprint density at radius 2 is 2.00 bits per heavy atom. The molecule has 0 saturated heterocycles. The molecule has 0 atom stereocenters. The molecule has 0 unspecified atom stereocenters. The molecule has 0 bridgehead atoms. The highest BCUT2D eigenvalue weighted by Crippen LogP contribution is 2.24. The van der Waals surface area contributed by atoms with E-state index in [0.29, 0.717) is 11.3 Å². The number of hydrogen-bond acceptors (Lipinski definition) is 3. The lowest BCUT2D eigenvalue weighted by Crippen LogP contribution is -2.15. The van der Waals surface area contributed by atoms with Crippen LogP contribution in [-0.4, -0.2) is 8.42 Å². The number of benzene rings is 2. The van der Waals surface area contributed by atoms with Gasteiger partial charge < -0.3 is 5.73 Å². The van der Waals surface area contributed by atoms with E-state index in [9.17, 15) is 12.8 Å². The number of nitrogens with one attached hydrogen (secondary N) is 1. The molecule has 3 N–H and O–H groups in total. The van der Waals surface area contributed by atoms with Crippen molar-refractivity contribution in [1.29, 1.82) is 0 Å². The molecule has 0 radical (unpaired) electrons. The molecule has 4 nitrogen and oxygen atoms in total. The molecule has 2 aromatic carbocycles. The van der Waals surface area contributed by atoms with Crippen molar-refractivity contribution in [1.82, 2.24) is 0 Å². The highest BCUT2D eigenvalue weighted by molar-refractivity contribution is 7.92. The number of halogens is 1. The fourth-order valence-corrected chi connectivity index (χ4v) is 3.15. The minimum Gasteiger partial charge on any atom is -0.396 e. The summed E-state index contributed by atoms with van der Waals surface area (Å²) in [7, 11) is -3.87. The molecule has 21 heavy (non-hydrogen) atoms. The van der Waals surface area contributed by atoms with Crippen LogP contribution in [0.15, 0.2) is 41.3 Å². The average molecular weight is 304 g/mol. The predicted molar refractivity (Wildman–Crippen MR) is 80.7 cm³/mol. The molecular formula is C15H13FN2O2S. The summed E-state index contributed by atoms with van der Waals surface area (Å²) >= 11 is 0. The number of aryl methyl sites for hydroxylation is 1. The molecule has 0 spiro atoms. The number of terminal acetylenes is 1. The Morgan fingerprint density at radius 1 is 1.29 bits per heavy atom. The molecule has 0 aliphatic heterocycles. The Balaban J connectivity index is 2.43. The molecule has 0 heterocycles. The number of anilines is 2. The summed E-state index contributed by atoms with van der Waals surface area (Å²) in [6, 6.07) is 8.60. The lowest BCUT2D eigenvalue weighted by atomic mass is 10.2. The number of sulfonamides is 1. The van der Waals surface area contributed by atoms with Gasteiger partial charge in [0.05, 0.1) is 16.3 Å². The minimum absolute atomic E-state index is 0.0764. The van der Waals surface area contributed by atoms with E-state index in [0.717, 1.165) is 12.1 Å². The maximum atomic E-state index is 13.3. The van der Waals surface area contributed by atoms with E-state index < -0.39 is 15.8 Å². The van der Waals surface area contributed by atoms with Gasteiger partial charge in [0.25, 0.3) is 10.0 Å². The van der Waals surface area contributed by atoms with Gasteiger partial charge in [-0.15, -0.1) is 6.42 Å². The summed E-state index contributed by atoms with van der Waals surface area (Å²) in [6.45, 7) is 1.49. The summed E-state index contributed by atoms with van der Waals surface area (Å²) in [5.74, 6) is 1.76. The first kappa shape index (κ1) is 14.9. The average Bonchev–Trinajstić information content (AvgIpc) is 2.42. The maximum Gasteiger partial charge on any atom is 0.262 e. The van der Waals surface area contributed by atoms with Crippen LogP contribution in [0.4, 0.5) is 15.8 Å². The van der Waals surface area contributed by atoms with Gasteiger partial charge in [-0.2, -0.15) is 0 Å². The van der Waals surface area contributed by atoms with E-state index >= 15 is 0 Å². The van der Waals surface area contributed by atoms with Crippen LogP contribution in [0.5, 0.6) is 0 Å². The molecule has 0 saturated carbocycles.